The fourth-order valence-electron chi connectivity index (χ4n) is 2.98. The molecule has 1 fully saturated rings. The molecule has 4 nitrogen and oxygen atoms in total. The summed E-state index contributed by atoms with van der Waals surface area (Å²) >= 11 is 34.6. The lowest BCUT2D eigenvalue weighted by atomic mass is 9.91. The van der Waals surface area contributed by atoms with Crippen molar-refractivity contribution < 1.29 is 14.2 Å². The van der Waals surface area contributed by atoms with Gasteiger partial charge in [0.2, 0.25) is 7.59 Å². The maximum Gasteiger partial charge on any atom is 0.213 e. The number of alkyl halides is 6. The summed E-state index contributed by atoms with van der Waals surface area (Å²) in [6.07, 6.45) is 2.74. The van der Waals surface area contributed by atoms with Crippen molar-refractivity contribution in [1.29, 1.82) is 0 Å². The van der Waals surface area contributed by atoms with E-state index in [0.29, 0.717) is 18.3 Å². The third-order valence-corrected chi connectivity index (χ3v) is 5.12. The normalized spacial score (nSPS) is 23.6. The topological polar surface area (TPSA) is 40.0 Å². The van der Waals surface area contributed by atoms with Crippen LogP contribution in [0.15, 0.2) is 4.99 Å². The van der Waals surface area contributed by atoms with Crippen molar-refractivity contribution in [2.24, 2.45) is 16.8 Å². The van der Waals surface area contributed by atoms with Crippen LogP contribution < -0.4 is 0 Å². The standard InChI is InChI=1S/C17H27Cl6NO3/c1-11-5-7-13(24-15(2,3)25-4)12(11)6-8-14(26-9-16(18,19)20)27-10-17(21,22)23/h11-12,14H,5-10H2,1-4H3/b24-13+. The minimum atomic E-state index is -1.54. The molecule has 0 aromatic rings. The van der Waals surface area contributed by atoms with Crippen molar-refractivity contribution in [2.75, 3.05) is 20.3 Å². The molecular formula is C17H27Cl6NO3. The molecule has 1 aliphatic rings. The molecule has 0 amide bonds. The molecule has 0 aromatic heterocycles. The van der Waals surface area contributed by atoms with Crippen LogP contribution in [-0.2, 0) is 14.2 Å². The SMILES string of the molecule is COC(C)(C)/N=C1\CCC(C)C1CCC(OCC(Cl)(Cl)Cl)OCC(Cl)(Cl)Cl. The van der Waals surface area contributed by atoms with Crippen LogP contribution in [0.25, 0.3) is 0 Å². The van der Waals surface area contributed by atoms with Gasteiger partial charge in [0.25, 0.3) is 0 Å². The largest absolute Gasteiger partial charge is 0.358 e. The molecule has 1 aliphatic carbocycles. The van der Waals surface area contributed by atoms with E-state index in [2.05, 4.69) is 6.92 Å². The highest BCUT2D eigenvalue weighted by Gasteiger charge is 2.33. The van der Waals surface area contributed by atoms with Crippen molar-refractivity contribution in [3.05, 3.63) is 0 Å². The van der Waals surface area contributed by atoms with Gasteiger partial charge in [0, 0.05) is 12.8 Å². The molecule has 1 rings (SSSR count). The van der Waals surface area contributed by atoms with E-state index < -0.39 is 19.6 Å². The number of halogens is 6. The van der Waals surface area contributed by atoms with Crippen LogP contribution in [0.5, 0.6) is 0 Å². The van der Waals surface area contributed by atoms with E-state index in [4.69, 9.17) is 88.8 Å². The summed E-state index contributed by atoms with van der Waals surface area (Å²) in [4.78, 5) is 4.79. The number of nitrogens with zero attached hydrogens (tertiary/aromatic N) is 1. The predicted molar refractivity (Wildman–Crippen MR) is 116 cm³/mol. The Morgan fingerprint density at radius 3 is 2.00 bits per heavy atom. The van der Waals surface area contributed by atoms with Gasteiger partial charge in [-0.2, -0.15) is 0 Å². The molecule has 0 aromatic carbocycles. The van der Waals surface area contributed by atoms with Crippen LogP contribution in [0.2, 0.25) is 0 Å². The highest BCUT2D eigenvalue weighted by atomic mass is 35.6. The van der Waals surface area contributed by atoms with Crippen molar-refractivity contribution in [1.82, 2.24) is 0 Å². The fraction of sp³-hybridized carbons (Fsp3) is 0.941. The molecule has 0 saturated heterocycles. The van der Waals surface area contributed by atoms with E-state index in [0.717, 1.165) is 25.0 Å². The summed E-state index contributed by atoms with van der Waals surface area (Å²) in [5.41, 5.74) is 0.602. The fourth-order valence-corrected chi connectivity index (χ4v) is 3.36. The average Bonchev–Trinajstić information content (AvgIpc) is 2.84. The van der Waals surface area contributed by atoms with Gasteiger partial charge in [0.05, 0.1) is 13.2 Å². The highest BCUT2D eigenvalue weighted by molar-refractivity contribution is 6.68. The van der Waals surface area contributed by atoms with Crippen molar-refractivity contribution in [3.8, 4) is 0 Å². The molecule has 27 heavy (non-hydrogen) atoms. The van der Waals surface area contributed by atoms with Crippen LogP contribution in [0.4, 0.5) is 0 Å². The molecule has 10 heteroatoms. The number of hydrogen-bond donors (Lipinski definition) is 0. The first-order valence-corrected chi connectivity index (χ1v) is 11.0. The molecule has 0 heterocycles. The highest BCUT2D eigenvalue weighted by Crippen LogP contribution is 2.36. The van der Waals surface area contributed by atoms with Crippen molar-refractivity contribution in [3.63, 3.8) is 0 Å². The second-order valence-electron chi connectivity index (χ2n) is 7.24. The van der Waals surface area contributed by atoms with E-state index in [-0.39, 0.29) is 13.2 Å². The molecule has 2 unspecified atom stereocenters. The van der Waals surface area contributed by atoms with Crippen LogP contribution >= 0.6 is 69.6 Å². The molecule has 0 spiro atoms. The molecule has 160 valence electrons. The Hall–Kier alpha value is 1.29. The molecule has 0 radical (unpaired) electrons. The number of rotatable bonds is 9. The molecule has 1 saturated carbocycles. The summed E-state index contributed by atoms with van der Waals surface area (Å²) in [7, 11) is 1.66. The van der Waals surface area contributed by atoms with Gasteiger partial charge in [-0.3, -0.25) is 4.99 Å². The summed E-state index contributed by atoms with van der Waals surface area (Å²) in [5.74, 6) is 0.799. The molecule has 2 atom stereocenters. The van der Waals surface area contributed by atoms with E-state index in [1.165, 1.54) is 0 Å². The minimum Gasteiger partial charge on any atom is -0.358 e. The number of methoxy groups -OCH3 is 1. The maximum absolute atomic E-state index is 5.77. The Kier molecular flexibility index (Phi) is 10.8. The Balaban J connectivity index is 2.75. The van der Waals surface area contributed by atoms with E-state index in [9.17, 15) is 0 Å². The summed E-state index contributed by atoms with van der Waals surface area (Å²) < 4.78 is 13.5. The smallest absolute Gasteiger partial charge is 0.213 e. The van der Waals surface area contributed by atoms with Crippen LogP contribution in [0.3, 0.4) is 0 Å². The Morgan fingerprint density at radius 1 is 1.04 bits per heavy atom. The zero-order chi connectivity index (χ0) is 20.9. The first-order valence-electron chi connectivity index (χ1n) is 8.73. The number of ether oxygens (including phenoxy) is 3. The zero-order valence-electron chi connectivity index (χ0n) is 15.9. The first-order chi connectivity index (χ1) is 12.2. The van der Waals surface area contributed by atoms with E-state index >= 15 is 0 Å². The summed E-state index contributed by atoms with van der Waals surface area (Å²) in [6, 6.07) is 0. The van der Waals surface area contributed by atoms with Crippen molar-refractivity contribution in [2.45, 2.75) is 66.1 Å². The lowest BCUT2D eigenvalue weighted by Crippen LogP contribution is -2.29. The van der Waals surface area contributed by atoms with Gasteiger partial charge in [0.1, 0.15) is 0 Å². The quantitative estimate of drug-likeness (QED) is 0.257. The average molecular weight is 506 g/mol. The molecule has 0 aliphatic heterocycles. The van der Waals surface area contributed by atoms with Gasteiger partial charge < -0.3 is 14.2 Å². The van der Waals surface area contributed by atoms with Crippen LogP contribution in [0.1, 0.15) is 46.5 Å². The van der Waals surface area contributed by atoms with Crippen LogP contribution in [-0.4, -0.2) is 45.6 Å². The third kappa shape index (κ3) is 11.3. The third-order valence-electron chi connectivity index (χ3n) is 4.46. The van der Waals surface area contributed by atoms with Gasteiger partial charge >= 0.3 is 0 Å². The molecule has 0 N–H and O–H groups in total. The predicted octanol–water partition coefficient (Wildman–Crippen LogP) is 6.74. The molecule has 0 bridgehead atoms. The number of aliphatic imine (C=N–C) groups is 1. The zero-order valence-corrected chi connectivity index (χ0v) is 20.5. The Morgan fingerprint density at radius 2 is 1.56 bits per heavy atom. The monoisotopic (exact) mass is 503 g/mol. The van der Waals surface area contributed by atoms with E-state index in [1.54, 1.807) is 7.11 Å². The number of hydrogen-bond acceptors (Lipinski definition) is 4. The van der Waals surface area contributed by atoms with Gasteiger partial charge in [-0.1, -0.05) is 76.5 Å². The second-order valence-corrected chi connectivity index (χ2v) is 12.3. The van der Waals surface area contributed by atoms with Gasteiger partial charge in [0.15, 0.2) is 12.0 Å². The summed E-state index contributed by atoms with van der Waals surface area (Å²) in [5, 5.41) is 0. The maximum atomic E-state index is 5.77. The first kappa shape index (κ1) is 26.3. The summed E-state index contributed by atoms with van der Waals surface area (Å²) in [6.45, 7) is 5.85. The second kappa shape index (κ2) is 11.1. The lowest BCUT2D eigenvalue weighted by Gasteiger charge is -2.26. The minimum absolute atomic E-state index is 0.125. The van der Waals surface area contributed by atoms with Crippen molar-refractivity contribution >= 4 is 75.3 Å². The Labute approximate surface area is 192 Å². The lowest BCUT2D eigenvalue weighted by molar-refractivity contribution is -0.145. The van der Waals surface area contributed by atoms with E-state index in [1.807, 2.05) is 13.8 Å². The van der Waals surface area contributed by atoms with Crippen LogP contribution in [0, 0.1) is 11.8 Å². The van der Waals surface area contributed by atoms with Gasteiger partial charge in [-0.15, -0.1) is 0 Å². The van der Waals surface area contributed by atoms with Gasteiger partial charge in [-0.25, -0.2) is 0 Å². The molecular weight excluding hydrogens is 479 g/mol. The Bertz CT molecular complexity index is 472. The van der Waals surface area contributed by atoms with Gasteiger partial charge in [-0.05, 0) is 51.4 Å².